The van der Waals surface area contributed by atoms with E-state index < -0.39 is 28.9 Å². The van der Waals surface area contributed by atoms with Crippen LogP contribution in [0.5, 0.6) is 0 Å². The van der Waals surface area contributed by atoms with Crippen LogP contribution >= 0.6 is 0 Å². The van der Waals surface area contributed by atoms with Crippen LogP contribution in [0, 0.1) is 0 Å². The third-order valence-corrected chi connectivity index (χ3v) is 3.37. The van der Waals surface area contributed by atoms with Gasteiger partial charge in [-0.3, -0.25) is 14.5 Å². The second-order valence-corrected chi connectivity index (χ2v) is 4.99. The number of rotatable bonds is 4. The van der Waals surface area contributed by atoms with Crippen LogP contribution in [0.4, 0.5) is 0 Å². The molecule has 0 radical (unpaired) electrons. The highest BCUT2D eigenvalue weighted by Gasteiger charge is 2.35. The highest BCUT2D eigenvalue weighted by molar-refractivity contribution is 7.79. The Balaban J connectivity index is 2.16. The minimum Gasteiger partial charge on any atom is -0.325 e. The number of carbonyl (C=O) groups excluding carboxylic acids is 2. The van der Waals surface area contributed by atoms with Gasteiger partial charge >= 0.3 is 0 Å². The van der Waals surface area contributed by atoms with Gasteiger partial charge in [-0.1, -0.05) is 12.1 Å². The number of hydrogen-bond acceptors (Lipinski definition) is 4. The van der Waals surface area contributed by atoms with Crippen LogP contribution in [-0.2, 0) is 11.1 Å². The van der Waals surface area contributed by atoms with Gasteiger partial charge in [-0.25, -0.2) is 4.21 Å². The van der Waals surface area contributed by atoms with Crippen LogP contribution in [0.2, 0.25) is 0 Å². The first kappa shape index (κ1) is 12.9. The monoisotopic (exact) mass is 268 g/mol. The van der Waals surface area contributed by atoms with Gasteiger partial charge in [0.1, 0.15) is 0 Å². The van der Waals surface area contributed by atoms with Crippen LogP contribution < -0.4 is 5.73 Å². The van der Waals surface area contributed by atoms with Crippen molar-refractivity contribution in [1.29, 1.82) is 0 Å². The van der Waals surface area contributed by atoms with E-state index in [0.29, 0.717) is 11.1 Å². The summed E-state index contributed by atoms with van der Waals surface area (Å²) in [5.41, 5.74) is 6.31. The van der Waals surface area contributed by atoms with Crippen molar-refractivity contribution >= 4 is 22.9 Å². The van der Waals surface area contributed by atoms with Crippen molar-refractivity contribution in [3.63, 3.8) is 0 Å². The summed E-state index contributed by atoms with van der Waals surface area (Å²) in [6.07, 6.45) is 0. The van der Waals surface area contributed by atoms with E-state index in [1.807, 2.05) is 0 Å². The Kier molecular flexibility index (Phi) is 3.55. The molecule has 1 aromatic carbocycles. The molecule has 1 unspecified atom stereocenters. The van der Waals surface area contributed by atoms with E-state index in [4.69, 9.17) is 10.3 Å². The highest BCUT2D eigenvalue weighted by Crippen LogP contribution is 2.22. The van der Waals surface area contributed by atoms with Crippen molar-refractivity contribution in [2.75, 3.05) is 12.3 Å². The first-order valence-corrected chi connectivity index (χ1v) is 6.56. The zero-order chi connectivity index (χ0) is 13.3. The summed E-state index contributed by atoms with van der Waals surface area (Å²) in [6, 6.07) is 5.79. The number of imide groups is 1. The van der Waals surface area contributed by atoms with Gasteiger partial charge in [-0.15, -0.1) is 0 Å². The molecule has 1 aliphatic heterocycles. The zero-order valence-electron chi connectivity index (χ0n) is 9.41. The molecule has 0 saturated heterocycles. The predicted octanol–water partition coefficient (Wildman–Crippen LogP) is -0.168. The molecule has 2 amide bonds. The maximum absolute atomic E-state index is 11.9. The number of carbonyl (C=O) groups is 2. The van der Waals surface area contributed by atoms with Crippen LogP contribution in [0.15, 0.2) is 24.3 Å². The number of nitrogens with two attached hydrogens (primary N) is 1. The molecule has 1 heterocycles. The smallest absolute Gasteiger partial charge is 0.261 e. The lowest BCUT2D eigenvalue weighted by atomic mass is 10.1. The van der Waals surface area contributed by atoms with Crippen molar-refractivity contribution in [1.82, 2.24) is 4.90 Å². The second kappa shape index (κ2) is 4.97. The third kappa shape index (κ3) is 2.33. The molecule has 0 bridgehead atoms. The Morgan fingerprint density at radius 2 is 1.72 bits per heavy atom. The molecular weight excluding hydrogens is 256 g/mol. The van der Waals surface area contributed by atoms with E-state index in [9.17, 15) is 13.8 Å². The minimum absolute atomic E-state index is 0.0569. The van der Waals surface area contributed by atoms with E-state index in [1.165, 1.54) is 0 Å². The van der Waals surface area contributed by atoms with Crippen LogP contribution in [-0.4, -0.2) is 43.8 Å². The number of benzene rings is 1. The van der Waals surface area contributed by atoms with Gasteiger partial charge in [0.15, 0.2) is 11.1 Å². The Labute approximate surface area is 106 Å². The van der Waals surface area contributed by atoms with Crippen LogP contribution in [0.25, 0.3) is 0 Å². The average molecular weight is 268 g/mol. The molecule has 0 fully saturated rings. The normalized spacial score (nSPS) is 17.8. The van der Waals surface area contributed by atoms with Gasteiger partial charge in [0, 0.05) is 12.6 Å². The number of nitrogens with zero attached hydrogens (tertiary/aromatic N) is 1. The van der Waals surface area contributed by atoms with Crippen molar-refractivity contribution in [3.8, 4) is 0 Å². The molecule has 1 aromatic rings. The fourth-order valence-electron chi connectivity index (χ4n) is 1.88. The van der Waals surface area contributed by atoms with Gasteiger partial charge in [0.2, 0.25) is 0 Å². The number of hydrogen-bond donors (Lipinski definition) is 2. The fraction of sp³-hybridized carbons (Fsp3) is 0.273. The molecule has 7 heteroatoms. The summed E-state index contributed by atoms with van der Waals surface area (Å²) in [6.45, 7) is -0.0569. The molecule has 18 heavy (non-hydrogen) atoms. The van der Waals surface area contributed by atoms with Gasteiger partial charge in [-0.05, 0) is 12.1 Å². The molecule has 0 spiro atoms. The van der Waals surface area contributed by atoms with Crippen LogP contribution in [0.3, 0.4) is 0 Å². The highest BCUT2D eigenvalue weighted by atomic mass is 32.2. The number of amides is 2. The third-order valence-electron chi connectivity index (χ3n) is 2.65. The predicted molar refractivity (Wildman–Crippen MR) is 65.4 cm³/mol. The SMILES string of the molecule is N[C@H](CN1C(=O)c2ccccc2C1=O)CS(=O)O. The van der Waals surface area contributed by atoms with E-state index >= 15 is 0 Å². The standard InChI is InChI=1S/C11H12N2O4S/c12-7(6-18(16)17)5-13-10(14)8-3-1-2-4-9(8)11(13)15/h1-4,7H,5-6,12H2,(H,16,17)/t7-/m1/s1. The van der Waals surface area contributed by atoms with Gasteiger partial charge in [-0.2, -0.15) is 0 Å². The second-order valence-electron chi connectivity index (χ2n) is 4.01. The summed E-state index contributed by atoms with van der Waals surface area (Å²) in [7, 11) is 0. The Hall–Kier alpha value is -1.57. The maximum atomic E-state index is 11.9. The van der Waals surface area contributed by atoms with Gasteiger partial charge in [0.05, 0.1) is 16.9 Å². The zero-order valence-corrected chi connectivity index (χ0v) is 10.2. The van der Waals surface area contributed by atoms with Crippen LogP contribution in [0.1, 0.15) is 20.7 Å². The summed E-state index contributed by atoms with van der Waals surface area (Å²) >= 11 is -2.04. The Morgan fingerprint density at radius 3 is 2.17 bits per heavy atom. The van der Waals surface area contributed by atoms with Crippen molar-refractivity contribution < 1.29 is 18.4 Å². The molecule has 0 aliphatic carbocycles. The molecule has 6 nitrogen and oxygen atoms in total. The molecular formula is C11H12N2O4S. The average Bonchev–Trinajstić information content (AvgIpc) is 2.54. The lowest BCUT2D eigenvalue weighted by molar-refractivity contribution is 0.0647. The first-order valence-electron chi connectivity index (χ1n) is 5.29. The maximum Gasteiger partial charge on any atom is 0.261 e. The molecule has 96 valence electrons. The van der Waals surface area contributed by atoms with Crippen molar-refractivity contribution in [2.24, 2.45) is 5.73 Å². The van der Waals surface area contributed by atoms with Gasteiger partial charge in [0.25, 0.3) is 11.8 Å². The number of fused-ring (bicyclic) bond motifs is 1. The minimum atomic E-state index is -2.04. The van der Waals surface area contributed by atoms with Crippen molar-refractivity contribution in [3.05, 3.63) is 35.4 Å². The molecule has 3 N–H and O–H groups in total. The molecule has 2 rings (SSSR count). The Morgan fingerprint density at radius 1 is 1.22 bits per heavy atom. The summed E-state index contributed by atoms with van der Waals surface area (Å²) in [5.74, 6) is -0.988. The van der Waals surface area contributed by atoms with E-state index in [1.54, 1.807) is 24.3 Å². The van der Waals surface area contributed by atoms with E-state index in [-0.39, 0.29) is 12.3 Å². The summed E-state index contributed by atoms with van der Waals surface area (Å²) < 4.78 is 19.3. The first-order chi connectivity index (χ1) is 8.50. The Bertz CT molecular complexity index is 497. The quantitative estimate of drug-likeness (QED) is 0.583. The topological polar surface area (TPSA) is 101 Å². The summed E-state index contributed by atoms with van der Waals surface area (Å²) in [5, 5.41) is 0. The molecule has 0 saturated carbocycles. The molecule has 1 aliphatic rings. The molecule has 0 aromatic heterocycles. The van der Waals surface area contributed by atoms with Crippen molar-refractivity contribution in [2.45, 2.75) is 6.04 Å². The fourth-order valence-corrected chi connectivity index (χ4v) is 2.35. The summed E-state index contributed by atoms with van der Waals surface area (Å²) in [4.78, 5) is 24.9. The largest absolute Gasteiger partial charge is 0.325 e. The van der Waals surface area contributed by atoms with Gasteiger partial charge < -0.3 is 10.3 Å². The van der Waals surface area contributed by atoms with E-state index in [0.717, 1.165) is 4.90 Å². The lowest BCUT2D eigenvalue weighted by Gasteiger charge is -2.17. The molecule has 2 atom stereocenters. The lowest BCUT2D eigenvalue weighted by Crippen LogP contribution is -2.43. The van der Waals surface area contributed by atoms with E-state index in [2.05, 4.69) is 0 Å².